The minimum Gasteiger partial charge on any atom is -0.457 e. The normalized spacial score (nSPS) is 38.8. The van der Waals surface area contributed by atoms with Crippen molar-refractivity contribution >= 4 is 34.6 Å². The third-order valence-corrected chi connectivity index (χ3v) is 11.3. The highest BCUT2D eigenvalue weighted by Crippen LogP contribution is 2.72. The van der Waals surface area contributed by atoms with E-state index < -0.39 is 75.0 Å². The number of furan rings is 1. The van der Waals surface area contributed by atoms with Crippen molar-refractivity contribution in [1.82, 2.24) is 0 Å². The smallest absolute Gasteiger partial charge is 0.375 e. The summed E-state index contributed by atoms with van der Waals surface area (Å²) >= 11 is 0.814. The number of carbonyl (C=O) groups is 4. The molecule has 4 aliphatic rings. The molecule has 3 fully saturated rings. The number of fused-ring (bicyclic) bond motifs is 5. The third kappa shape index (κ3) is 4.67. The molecule has 0 unspecified atom stereocenters. The molecule has 0 spiro atoms. The first-order chi connectivity index (χ1) is 20.8. The van der Waals surface area contributed by atoms with Crippen molar-refractivity contribution in [2.24, 2.45) is 28.6 Å². The highest BCUT2D eigenvalue weighted by molar-refractivity contribution is 8.14. The maximum atomic E-state index is 17.6. The van der Waals surface area contributed by atoms with Crippen LogP contribution in [0.4, 0.5) is 8.78 Å². The number of aliphatic hydroxyl groups is 1. The maximum absolute atomic E-state index is 17.6. The lowest BCUT2D eigenvalue weighted by Gasteiger charge is -2.63. The summed E-state index contributed by atoms with van der Waals surface area (Å²) in [4.78, 5) is 51.1. The first kappa shape index (κ1) is 32.2. The summed E-state index contributed by atoms with van der Waals surface area (Å²) in [6, 6.07) is 2.90. The van der Waals surface area contributed by atoms with Crippen LogP contribution < -0.4 is 0 Å². The second-order valence-corrected chi connectivity index (χ2v) is 13.5. The molecule has 3 saturated carbocycles. The van der Waals surface area contributed by atoms with Crippen molar-refractivity contribution in [3.8, 4) is 11.8 Å². The summed E-state index contributed by atoms with van der Waals surface area (Å²) in [7, 11) is 0. The van der Waals surface area contributed by atoms with E-state index in [4.69, 9.17) is 13.9 Å². The van der Waals surface area contributed by atoms with E-state index in [9.17, 15) is 24.3 Å². The van der Waals surface area contributed by atoms with E-state index in [1.165, 1.54) is 37.5 Å². The molecule has 4 aliphatic carbocycles. The Labute approximate surface area is 259 Å². The Kier molecular flexibility index (Phi) is 8.49. The molecule has 0 saturated heterocycles. The number of aliphatic hydroxyl groups excluding tert-OH is 1. The number of halogens is 2. The Morgan fingerprint density at radius 3 is 2.64 bits per heavy atom. The van der Waals surface area contributed by atoms with Crippen molar-refractivity contribution in [1.29, 1.82) is 0 Å². The van der Waals surface area contributed by atoms with Crippen LogP contribution in [0, 0.1) is 40.4 Å². The van der Waals surface area contributed by atoms with Gasteiger partial charge in [-0.05, 0) is 62.0 Å². The number of thioether (sulfide) groups is 1. The fourth-order valence-corrected chi connectivity index (χ4v) is 9.33. The van der Waals surface area contributed by atoms with Gasteiger partial charge in [0.2, 0.25) is 10.9 Å². The Morgan fingerprint density at radius 1 is 1.20 bits per heavy atom. The average molecular weight is 631 g/mol. The number of hydrogen-bond donors (Lipinski definition) is 1. The van der Waals surface area contributed by atoms with E-state index >= 15 is 8.78 Å². The standard InChI is InChI=1S/C33H36F2O8S/c1-5-27(38)42-12-6-7-14-44-29(40)33(43-28(39)25-9-8-13-41-25)19(2)15-21-22-17-24(34)23-16-20(36)10-11-30(23,3)32(22,35)26(37)18-31(21,33)4/h8-11,13,16,19,21-22,24,26,37H,5,12,14-15,17-18H2,1-4H3/t19-,21+,22+,24+,26+,30+,31+,32+,33+/m1/s1. The van der Waals surface area contributed by atoms with Gasteiger partial charge >= 0.3 is 11.9 Å². The van der Waals surface area contributed by atoms with Gasteiger partial charge in [0.15, 0.2) is 23.7 Å². The lowest BCUT2D eigenvalue weighted by Crippen LogP contribution is -2.70. The van der Waals surface area contributed by atoms with E-state index in [1.54, 1.807) is 20.8 Å². The number of alkyl halides is 2. The molecule has 1 aromatic rings. The van der Waals surface area contributed by atoms with Gasteiger partial charge in [-0.2, -0.15) is 0 Å². The molecule has 0 radical (unpaired) electrons. The van der Waals surface area contributed by atoms with Crippen LogP contribution in [0.25, 0.3) is 0 Å². The van der Waals surface area contributed by atoms with Crippen molar-refractivity contribution in [3.63, 3.8) is 0 Å². The van der Waals surface area contributed by atoms with Gasteiger partial charge in [-0.25, -0.2) is 13.6 Å². The van der Waals surface area contributed by atoms with Crippen LogP contribution in [0.1, 0.15) is 63.9 Å². The number of hydrogen-bond acceptors (Lipinski definition) is 9. The van der Waals surface area contributed by atoms with Crippen LogP contribution in [0.15, 0.2) is 46.6 Å². The van der Waals surface area contributed by atoms with Crippen LogP contribution >= 0.6 is 11.8 Å². The molecule has 0 bridgehead atoms. The van der Waals surface area contributed by atoms with Gasteiger partial charge in [-0.1, -0.05) is 50.4 Å². The summed E-state index contributed by atoms with van der Waals surface area (Å²) in [6.45, 7) is 6.47. The monoisotopic (exact) mass is 630 g/mol. The second kappa shape index (κ2) is 11.6. The summed E-state index contributed by atoms with van der Waals surface area (Å²) < 4.78 is 49.8. The number of esters is 2. The second-order valence-electron chi connectivity index (χ2n) is 12.5. The van der Waals surface area contributed by atoms with E-state index in [0.717, 1.165) is 17.8 Å². The lowest BCUT2D eigenvalue weighted by atomic mass is 9.44. The van der Waals surface area contributed by atoms with Crippen LogP contribution in [-0.2, 0) is 23.9 Å². The molecule has 0 amide bonds. The van der Waals surface area contributed by atoms with E-state index in [-0.39, 0.29) is 49.4 Å². The number of rotatable bonds is 6. The van der Waals surface area contributed by atoms with Gasteiger partial charge in [0.25, 0.3) is 0 Å². The molecule has 9 atom stereocenters. The Hall–Kier alpha value is -3.23. The van der Waals surface area contributed by atoms with Crippen LogP contribution in [0.3, 0.4) is 0 Å². The third-order valence-electron chi connectivity index (χ3n) is 10.4. The first-order valence-electron chi connectivity index (χ1n) is 14.8. The van der Waals surface area contributed by atoms with Crippen molar-refractivity contribution in [3.05, 3.63) is 48.0 Å². The molecule has 0 aliphatic heterocycles. The molecule has 1 N–H and O–H groups in total. The highest BCUT2D eigenvalue weighted by atomic mass is 32.2. The Bertz CT molecular complexity index is 1480. The zero-order valence-electron chi connectivity index (χ0n) is 25.1. The summed E-state index contributed by atoms with van der Waals surface area (Å²) in [5.74, 6) is 1.23. The molecular formula is C33H36F2O8S. The summed E-state index contributed by atoms with van der Waals surface area (Å²) in [6.07, 6.45) is 1.54. The van der Waals surface area contributed by atoms with Gasteiger partial charge in [0, 0.05) is 29.1 Å². The van der Waals surface area contributed by atoms with Gasteiger partial charge in [-0.3, -0.25) is 14.4 Å². The fraction of sp³-hybridized carbons (Fsp3) is 0.576. The van der Waals surface area contributed by atoms with Gasteiger partial charge in [-0.15, -0.1) is 0 Å². The van der Waals surface area contributed by atoms with E-state index in [0.29, 0.717) is 0 Å². The maximum Gasteiger partial charge on any atom is 0.375 e. The van der Waals surface area contributed by atoms with E-state index in [1.807, 2.05) is 0 Å². The number of ether oxygens (including phenoxy) is 2. The van der Waals surface area contributed by atoms with Crippen molar-refractivity contribution < 1.29 is 47.0 Å². The van der Waals surface area contributed by atoms with Gasteiger partial charge < -0.3 is 19.0 Å². The lowest BCUT2D eigenvalue weighted by molar-refractivity contribution is -0.221. The minimum absolute atomic E-state index is 0.00258. The molecule has 5 rings (SSSR count). The molecule has 236 valence electrons. The van der Waals surface area contributed by atoms with E-state index in [2.05, 4.69) is 11.8 Å². The van der Waals surface area contributed by atoms with Crippen LogP contribution in [0.5, 0.6) is 0 Å². The molecule has 8 nitrogen and oxygen atoms in total. The number of allylic oxidation sites excluding steroid dienone is 4. The minimum atomic E-state index is -2.35. The quantitative estimate of drug-likeness (QED) is 0.344. The Morgan fingerprint density at radius 2 is 1.95 bits per heavy atom. The molecular weight excluding hydrogens is 594 g/mol. The zero-order chi connectivity index (χ0) is 32.1. The number of carbonyl (C=O) groups excluding carboxylic acids is 4. The zero-order valence-corrected chi connectivity index (χ0v) is 25.9. The molecule has 44 heavy (non-hydrogen) atoms. The molecule has 11 heteroatoms. The topological polar surface area (TPSA) is 120 Å². The predicted molar refractivity (Wildman–Crippen MR) is 157 cm³/mol. The molecule has 0 aromatic carbocycles. The largest absolute Gasteiger partial charge is 0.457 e. The SMILES string of the molecule is CCC(=O)OCC#CCSC(=O)[C@@]1(OC(=O)c2ccco2)[C@H](C)C[C@H]2[C@@H]3C[C@H](F)C4=CC(=O)C=C[C@]4(C)[C@@]3(F)[C@@H](O)C[C@@]21C. The van der Waals surface area contributed by atoms with Crippen molar-refractivity contribution in [2.45, 2.75) is 76.9 Å². The van der Waals surface area contributed by atoms with Crippen molar-refractivity contribution in [2.75, 3.05) is 12.4 Å². The first-order valence-corrected chi connectivity index (χ1v) is 15.8. The number of ketones is 1. The van der Waals surface area contributed by atoms with Crippen LogP contribution in [-0.4, -0.2) is 63.8 Å². The summed E-state index contributed by atoms with van der Waals surface area (Å²) in [5, 5.41) is 11.2. The molecule has 1 aromatic heterocycles. The average Bonchev–Trinajstić information content (AvgIpc) is 3.60. The van der Waals surface area contributed by atoms with Gasteiger partial charge in [0.1, 0.15) is 6.17 Å². The van der Waals surface area contributed by atoms with Gasteiger partial charge in [0.05, 0.1) is 18.1 Å². The fourth-order valence-electron chi connectivity index (χ4n) is 8.34. The Balaban J connectivity index is 1.52. The predicted octanol–water partition coefficient (Wildman–Crippen LogP) is 4.96. The summed E-state index contributed by atoms with van der Waals surface area (Å²) in [5.41, 5.74) is -7.07. The van der Waals surface area contributed by atoms with Crippen LogP contribution in [0.2, 0.25) is 0 Å². The molecule has 1 heterocycles. The highest BCUT2D eigenvalue weighted by Gasteiger charge is 2.78.